The fourth-order valence-electron chi connectivity index (χ4n) is 2.82. The topological polar surface area (TPSA) is 80.5 Å². The summed E-state index contributed by atoms with van der Waals surface area (Å²) >= 11 is 0. The van der Waals surface area contributed by atoms with Crippen molar-refractivity contribution in [3.63, 3.8) is 0 Å². The van der Waals surface area contributed by atoms with Crippen molar-refractivity contribution in [2.24, 2.45) is 5.73 Å². The van der Waals surface area contributed by atoms with Gasteiger partial charge < -0.3 is 20.7 Å². The monoisotopic (exact) mass is 312 g/mol. The number of morpholine rings is 1. The Balaban J connectivity index is 0.00000161. The summed E-state index contributed by atoms with van der Waals surface area (Å²) in [7, 11) is 0. The second-order valence-corrected chi connectivity index (χ2v) is 5.25. The van der Waals surface area contributed by atoms with Crippen molar-refractivity contribution >= 4 is 24.1 Å². The summed E-state index contributed by atoms with van der Waals surface area (Å²) in [6, 6.07) is 1.96. The Labute approximate surface area is 130 Å². The quantitative estimate of drug-likeness (QED) is 0.865. The highest BCUT2D eigenvalue weighted by molar-refractivity contribution is 5.94. The van der Waals surface area contributed by atoms with Crippen LogP contribution in [-0.2, 0) is 4.74 Å². The van der Waals surface area contributed by atoms with Crippen LogP contribution < -0.4 is 16.0 Å². The number of hydrogen-bond donors (Lipinski definition) is 2. The molecule has 3 N–H and O–H groups in total. The molecule has 1 amide bonds. The Hall–Kier alpha value is -1.37. The number of amides is 1. The number of nitrogens with two attached hydrogens (primary N) is 1. The zero-order chi connectivity index (χ0) is 13.9. The first-order valence-electron chi connectivity index (χ1n) is 7.13. The summed E-state index contributed by atoms with van der Waals surface area (Å²) in [5.41, 5.74) is 6.76. The molecule has 1 atom stereocenters. The lowest BCUT2D eigenvalue weighted by Gasteiger charge is -2.26. The van der Waals surface area contributed by atoms with Crippen LogP contribution in [0.25, 0.3) is 0 Å². The molecule has 0 aromatic carbocycles. The molecule has 6 nitrogen and oxygen atoms in total. The van der Waals surface area contributed by atoms with Crippen LogP contribution in [0.1, 0.15) is 34.9 Å². The zero-order valence-electron chi connectivity index (χ0n) is 11.9. The van der Waals surface area contributed by atoms with Crippen LogP contribution in [0.2, 0.25) is 0 Å². The third-order valence-corrected chi connectivity index (χ3v) is 3.89. The van der Waals surface area contributed by atoms with E-state index in [9.17, 15) is 4.79 Å². The number of nitrogens with one attached hydrogen (secondary N) is 1. The van der Waals surface area contributed by atoms with Gasteiger partial charge in [-0.15, -0.1) is 12.4 Å². The Kier molecular flexibility index (Phi) is 5.39. The maximum Gasteiger partial charge on any atom is 0.250 e. The number of carbonyl (C=O) groups excluding carboxylic acids is 1. The van der Waals surface area contributed by atoms with Crippen LogP contribution >= 0.6 is 12.4 Å². The molecule has 2 aliphatic rings. The molecule has 1 aromatic heterocycles. The molecule has 0 aliphatic carbocycles. The second-order valence-electron chi connectivity index (χ2n) is 5.25. The lowest BCUT2D eigenvalue weighted by Crippen LogP contribution is -2.34. The van der Waals surface area contributed by atoms with E-state index < -0.39 is 5.91 Å². The van der Waals surface area contributed by atoms with E-state index in [4.69, 9.17) is 10.5 Å². The summed E-state index contributed by atoms with van der Waals surface area (Å²) in [5, 5.41) is 3.28. The highest BCUT2D eigenvalue weighted by atomic mass is 35.5. The molecule has 3 rings (SSSR count). The normalized spacial score (nSPS) is 21.9. The first-order chi connectivity index (χ1) is 9.75. The standard InChI is InChI=1S/C14H20N4O2.ClH/c15-14(19)11-8-17-13(18-4-1-2-5-18)7-10(11)12-9-16-3-6-20-12;/h7-8,12,16H,1-6,9H2,(H2,15,19);1H. The Bertz CT molecular complexity index is 500. The number of pyridine rings is 1. The van der Waals surface area contributed by atoms with Gasteiger partial charge in [0.25, 0.3) is 5.91 Å². The molecular formula is C14H21ClN4O2. The van der Waals surface area contributed by atoms with Gasteiger partial charge >= 0.3 is 0 Å². The highest BCUT2D eigenvalue weighted by Gasteiger charge is 2.24. The van der Waals surface area contributed by atoms with Crippen molar-refractivity contribution in [3.8, 4) is 0 Å². The van der Waals surface area contributed by atoms with Gasteiger partial charge in [-0.05, 0) is 24.5 Å². The molecule has 3 heterocycles. The van der Waals surface area contributed by atoms with Crippen molar-refractivity contribution in [2.75, 3.05) is 37.7 Å². The summed E-state index contributed by atoms with van der Waals surface area (Å²) in [5.74, 6) is 0.464. The van der Waals surface area contributed by atoms with Crippen molar-refractivity contribution in [1.29, 1.82) is 0 Å². The average Bonchev–Trinajstić information content (AvgIpc) is 3.02. The lowest BCUT2D eigenvalue weighted by atomic mass is 10.0. The van der Waals surface area contributed by atoms with Gasteiger partial charge in [-0.3, -0.25) is 4.79 Å². The molecule has 2 saturated heterocycles. The lowest BCUT2D eigenvalue weighted by molar-refractivity contribution is 0.0271. The summed E-state index contributed by atoms with van der Waals surface area (Å²) < 4.78 is 5.76. The molecule has 1 aromatic rings. The van der Waals surface area contributed by atoms with Gasteiger partial charge in [-0.25, -0.2) is 4.98 Å². The van der Waals surface area contributed by atoms with Gasteiger partial charge in [0.05, 0.1) is 18.3 Å². The largest absolute Gasteiger partial charge is 0.371 e. The molecule has 116 valence electrons. The molecular weight excluding hydrogens is 292 g/mol. The zero-order valence-corrected chi connectivity index (χ0v) is 12.7. The fraction of sp³-hybridized carbons (Fsp3) is 0.571. The first kappa shape index (κ1) is 16.0. The predicted molar refractivity (Wildman–Crippen MR) is 83.0 cm³/mol. The minimum atomic E-state index is -0.449. The third-order valence-electron chi connectivity index (χ3n) is 3.89. The number of carbonyl (C=O) groups is 1. The molecule has 2 aliphatic heterocycles. The number of primary amides is 1. The first-order valence-corrected chi connectivity index (χ1v) is 7.13. The molecule has 0 bridgehead atoms. The molecule has 21 heavy (non-hydrogen) atoms. The molecule has 2 fully saturated rings. The van der Waals surface area contributed by atoms with Crippen molar-refractivity contribution in [3.05, 3.63) is 23.4 Å². The fourth-order valence-corrected chi connectivity index (χ4v) is 2.82. The van der Waals surface area contributed by atoms with E-state index in [2.05, 4.69) is 15.2 Å². The SMILES string of the molecule is Cl.NC(=O)c1cnc(N2CCCC2)cc1C1CNCCO1. The van der Waals surface area contributed by atoms with E-state index in [0.29, 0.717) is 18.7 Å². The number of anilines is 1. The summed E-state index contributed by atoms with van der Waals surface area (Å²) in [6.45, 7) is 4.22. The minimum Gasteiger partial charge on any atom is -0.371 e. The van der Waals surface area contributed by atoms with Gasteiger partial charge in [0.1, 0.15) is 5.82 Å². The van der Waals surface area contributed by atoms with Crippen LogP contribution in [0.3, 0.4) is 0 Å². The number of rotatable bonds is 3. The average molecular weight is 313 g/mol. The van der Waals surface area contributed by atoms with Gasteiger partial charge in [-0.2, -0.15) is 0 Å². The number of hydrogen-bond acceptors (Lipinski definition) is 5. The van der Waals surface area contributed by atoms with Crippen LogP contribution in [0, 0.1) is 0 Å². The van der Waals surface area contributed by atoms with Crippen molar-refractivity contribution < 1.29 is 9.53 Å². The molecule has 0 radical (unpaired) electrons. The van der Waals surface area contributed by atoms with Crippen molar-refractivity contribution in [1.82, 2.24) is 10.3 Å². The second kappa shape index (κ2) is 7.06. The van der Waals surface area contributed by atoms with E-state index in [1.807, 2.05) is 6.07 Å². The predicted octanol–water partition coefficient (Wildman–Crippen LogP) is 0.863. The van der Waals surface area contributed by atoms with E-state index in [0.717, 1.165) is 31.0 Å². The van der Waals surface area contributed by atoms with E-state index in [1.54, 1.807) is 6.20 Å². The maximum atomic E-state index is 11.6. The van der Waals surface area contributed by atoms with Crippen LogP contribution in [0.5, 0.6) is 0 Å². The van der Waals surface area contributed by atoms with Gasteiger partial charge in [0, 0.05) is 32.4 Å². The Morgan fingerprint density at radius 1 is 1.43 bits per heavy atom. The number of halogens is 1. The van der Waals surface area contributed by atoms with E-state index in [1.165, 1.54) is 12.8 Å². The van der Waals surface area contributed by atoms with Crippen LogP contribution in [0.15, 0.2) is 12.3 Å². The van der Waals surface area contributed by atoms with Gasteiger partial charge in [0.2, 0.25) is 0 Å². The molecule has 7 heteroatoms. The van der Waals surface area contributed by atoms with Crippen molar-refractivity contribution in [2.45, 2.75) is 18.9 Å². The molecule has 0 spiro atoms. The number of aromatic nitrogens is 1. The van der Waals surface area contributed by atoms with Crippen LogP contribution in [-0.4, -0.2) is 43.7 Å². The maximum absolute atomic E-state index is 11.6. The summed E-state index contributed by atoms with van der Waals surface area (Å²) in [4.78, 5) is 18.2. The number of nitrogens with zero attached hydrogens (tertiary/aromatic N) is 2. The number of ether oxygens (including phenoxy) is 1. The molecule has 0 saturated carbocycles. The van der Waals surface area contributed by atoms with E-state index >= 15 is 0 Å². The van der Waals surface area contributed by atoms with Gasteiger partial charge in [-0.1, -0.05) is 0 Å². The highest BCUT2D eigenvalue weighted by Crippen LogP contribution is 2.27. The smallest absolute Gasteiger partial charge is 0.250 e. The Morgan fingerprint density at radius 2 is 2.19 bits per heavy atom. The minimum absolute atomic E-state index is 0. The Morgan fingerprint density at radius 3 is 2.81 bits per heavy atom. The van der Waals surface area contributed by atoms with E-state index in [-0.39, 0.29) is 18.5 Å². The third kappa shape index (κ3) is 3.45. The molecule has 1 unspecified atom stereocenters. The van der Waals surface area contributed by atoms with Gasteiger partial charge in [0.15, 0.2) is 0 Å². The van der Waals surface area contributed by atoms with Crippen LogP contribution in [0.4, 0.5) is 5.82 Å². The summed E-state index contributed by atoms with van der Waals surface area (Å²) in [6.07, 6.45) is 3.84.